The predicted molar refractivity (Wildman–Crippen MR) is 141 cm³/mol. The van der Waals surface area contributed by atoms with Crippen LogP contribution in [0.2, 0.25) is 0 Å². The summed E-state index contributed by atoms with van der Waals surface area (Å²) in [4.78, 5) is 32.5. The molecule has 11 heteroatoms. The summed E-state index contributed by atoms with van der Waals surface area (Å²) in [6, 6.07) is 6.85. The van der Waals surface area contributed by atoms with E-state index in [0.29, 0.717) is 16.9 Å². The lowest BCUT2D eigenvalue weighted by molar-refractivity contribution is 0.0989. The van der Waals surface area contributed by atoms with Gasteiger partial charge in [-0.15, -0.1) is 0 Å². The number of nitrogens with zero attached hydrogens (tertiary/aromatic N) is 9. The van der Waals surface area contributed by atoms with E-state index in [-0.39, 0.29) is 30.4 Å². The van der Waals surface area contributed by atoms with Gasteiger partial charge in [-0.25, -0.2) is 14.8 Å². The number of hydrogen-bond donors (Lipinski definition) is 0. The Kier molecular flexibility index (Phi) is 6.49. The Balaban J connectivity index is 1.50. The Morgan fingerprint density at radius 3 is 2.67 bits per heavy atom. The maximum absolute atomic E-state index is 12.8. The van der Waals surface area contributed by atoms with Crippen molar-refractivity contribution in [2.24, 2.45) is 7.05 Å². The van der Waals surface area contributed by atoms with Crippen LogP contribution in [0.1, 0.15) is 50.4 Å². The summed E-state index contributed by atoms with van der Waals surface area (Å²) in [5, 5.41) is 14.8. The molecule has 0 N–H and O–H groups in total. The molecule has 1 fully saturated rings. The van der Waals surface area contributed by atoms with Crippen molar-refractivity contribution in [3.63, 3.8) is 0 Å². The van der Waals surface area contributed by atoms with Gasteiger partial charge in [0.1, 0.15) is 16.9 Å². The van der Waals surface area contributed by atoms with Crippen LogP contribution in [-0.4, -0.2) is 59.4 Å². The Bertz CT molecular complexity index is 1510. The molecule has 5 rings (SSSR count). The van der Waals surface area contributed by atoms with E-state index in [1.165, 1.54) is 4.57 Å². The highest BCUT2D eigenvalue weighted by molar-refractivity contribution is 7.18. The van der Waals surface area contributed by atoms with E-state index in [4.69, 9.17) is 10.2 Å². The van der Waals surface area contributed by atoms with Crippen molar-refractivity contribution >= 4 is 38.5 Å². The quantitative estimate of drug-likeness (QED) is 0.392. The largest absolute Gasteiger partial charge is 0.349 e. The van der Waals surface area contributed by atoms with Crippen LogP contribution in [0.15, 0.2) is 23.1 Å². The molecule has 1 aliphatic rings. The van der Waals surface area contributed by atoms with Gasteiger partial charge in [0.25, 0.3) is 0 Å². The van der Waals surface area contributed by atoms with E-state index in [0.717, 1.165) is 47.0 Å². The maximum atomic E-state index is 12.8. The first kappa shape index (κ1) is 24.3. The van der Waals surface area contributed by atoms with Crippen LogP contribution in [0.3, 0.4) is 0 Å². The average molecular weight is 506 g/mol. The molecule has 0 bridgehead atoms. The van der Waals surface area contributed by atoms with Crippen LogP contribution < -0.4 is 10.6 Å². The van der Waals surface area contributed by atoms with Gasteiger partial charge in [0, 0.05) is 38.3 Å². The standard InChI is InChI=1S/C25H31N9OS/c1-6-17-13-34(23-22-21(31(5)25(35)29-23)14-32(30-22)11-10-26)18(7-2)12-33(17)15(3)19-8-9-20-24(28-19)36-16(4)27-20/h8-9,14-15,17-18H,6-7,11-13H2,1-5H3/t15?,17-,18+/m1/s1. The first-order valence-electron chi connectivity index (χ1n) is 12.4. The lowest BCUT2D eigenvalue weighted by Crippen LogP contribution is -2.59. The van der Waals surface area contributed by atoms with Crippen molar-refractivity contribution in [3.05, 3.63) is 39.5 Å². The number of hydrogen-bond acceptors (Lipinski definition) is 9. The van der Waals surface area contributed by atoms with E-state index in [1.807, 2.05) is 6.92 Å². The molecule has 4 aromatic heterocycles. The second kappa shape index (κ2) is 9.59. The molecule has 0 spiro atoms. The van der Waals surface area contributed by atoms with Crippen molar-refractivity contribution < 1.29 is 0 Å². The maximum Gasteiger partial charge on any atom is 0.349 e. The lowest BCUT2D eigenvalue weighted by atomic mass is 9.99. The van der Waals surface area contributed by atoms with Crippen molar-refractivity contribution in [3.8, 4) is 6.07 Å². The van der Waals surface area contributed by atoms with Crippen molar-refractivity contribution in [2.45, 2.75) is 65.2 Å². The van der Waals surface area contributed by atoms with Gasteiger partial charge >= 0.3 is 5.69 Å². The summed E-state index contributed by atoms with van der Waals surface area (Å²) in [7, 11) is 1.69. The summed E-state index contributed by atoms with van der Waals surface area (Å²) >= 11 is 1.63. The monoisotopic (exact) mass is 505 g/mol. The smallest absolute Gasteiger partial charge is 0.349 e. The molecule has 0 aromatic carbocycles. The number of fused-ring (bicyclic) bond motifs is 2. The summed E-state index contributed by atoms with van der Waals surface area (Å²) in [6.07, 6.45) is 3.61. The van der Waals surface area contributed by atoms with Gasteiger partial charge in [0.05, 0.1) is 28.5 Å². The number of aryl methyl sites for hydroxylation is 2. The molecule has 1 saturated heterocycles. The minimum Gasteiger partial charge on any atom is -0.349 e. The highest BCUT2D eigenvalue weighted by atomic mass is 32.1. The molecule has 188 valence electrons. The number of piperazine rings is 1. The minimum absolute atomic E-state index is 0.124. The van der Waals surface area contributed by atoms with Crippen LogP contribution in [0, 0.1) is 18.3 Å². The lowest BCUT2D eigenvalue weighted by Gasteiger charge is -2.48. The first-order chi connectivity index (χ1) is 17.3. The number of anilines is 1. The molecule has 0 saturated carbocycles. The molecule has 36 heavy (non-hydrogen) atoms. The number of pyridine rings is 1. The zero-order valence-corrected chi connectivity index (χ0v) is 22.2. The SMILES string of the molecule is CC[C@H]1CN(C(C)c2ccc3nc(C)sc3n2)[C@H](CC)CN1c1nc(=O)n(C)c2cn(CC#N)nc12. The second-order valence-corrected chi connectivity index (χ2v) is 10.6. The molecule has 1 aliphatic heterocycles. The molecule has 0 amide bonds. The molecular formula is C25H31N9OS. The molecule has 3 atom stereocenters. The fraction of sp³-hybridized carbons (Fsp3) is 0.520. The number of rotatable bonds is 6. The Labute approximate surface area is 213 Å². The first-order valence-corrected chi connectivity index (χ1v) is 13.2. The molecule has 1 unspecified atom stereocenters. The van der Waals surface area contributed by atoms with E-state index in [1.54, 1.807) is 29.3 Å². The van der Waals surface area contributed by atoms with Gasteiger partial charge in [0.15, 0.2) is 11.3 Å². The summed E-state index contributed by atoms with van der Waals surface area (Å²) < 4.78 is 3.08. The zero-order valence-electron chi connectivity index (χ0n) is 21.3. The molecule has 4 aromatic rings. The van der Waals surface area contributed by atoms with Gasteiger partial charge < -0.3 is 4.90 Å². The van der Waals surface area contributed by atoms with E-state index in [9.17, 15) is 4.79 Å². The van der Waals surface area contributed by atoms with Crippen LogP contribution in [-0.2, 0) is 13.6 Å². The van der Waals surface area contributed by atoms with Crippen molar-refractivity contribution in [2.75, 3.05) is 18.0 Å². The second-order valence-electron chi connectivity index (χ2n) is 9.44. The van der Waals surface area contributed by atoms with E-state index < -0.39 is 0 Å². The average Bonchev–Trinajstić information content (AvgIpc) is 3.47. The van der Waals surface area contributed by atoms with Gasteiger partial charge in [-0.1, -0.05) is 25.2 Å². The summed E-state index contributed by atoms with van der Waals surface area (Å²) in [6.45, 7) is 10.3. The predicted octanol–water partition coefficient (Wildman–Crippen LogP) is 3.41. The molecular weight excluding hydrogens is 474 g/mol. The van der Waals surface area contributed by atoms with Gasteiger partial charge in [0.2, 0.25) is 0 Å². The van der Waals surface area contributed by atoms with Gasteiger partial charge in [-0.2, -0.15) is 15.3 Å². The fourth-order valence-corrected chi connectivity index (χ4v) is 6.05. The number of thiazole rings is 1. The Morgan fingerprint density at radius 2 is 1.94 bits per heavy atom. The molecule has 5 heterocycles. The normalized spacial score (nSPS) is 19.7. The van der Waals surface area contributed by atoms with Crippen molar-refractivity contribution in [1.82, 2.24) is 34.2 Å². The highest BCUT2D eigenvalue weighted by Crippen LogP contribution is 2.33. The van der Waals surface area contributed by atoms with Crippen LogP contribution >= 0.6 is 11.3 Å². The topological polar surface area (TPSA) is 109 Å². The minimum atomic E-state index is -0.315. The van der Waals surface area contributed by atoms with E-state index in [2.05, 4.69) is 63.8 Å². The third kappa shape index (κ3) is 4.14. The van der Waals surface area contributed by atoms with Crippen molar-refractivity contribution in [1.29, 1.82) is 5.26 Å². The third-order valence-electron chi connectivity index (χ3n) is 7.30. The molecule has 10 nitrogen and oxygen atoms in total. The van der Waals surface area contributed by atoms with Crippen LogP contribution in [0.4, 0.5) is 5.82 Å². The Hall–Kier alpha value is -3.36. The summed E-state index contributed by atoms with van der Waals surface area (Å²) in [5.74, 6) is 0.613. The highest BCUT2D eigenvalue weighted by Gasteiger charge is 2.37. The zero-order chi connectivity index (χ0) is 25.6. The fourth-order valence-electron chi connectivity index (χ4n) is 5.25. The van der Waals surface area contributed by atoms with Gasteiger partial charge in [-0.3, -0.25) is 14.1 Å². The molecule has 0 aliphatic carbocycles. The molecule has 0 radical (unpaired) electrons. The van der Waals surface area contributed by atoms with E-state index >= 15 is 0 Å². The third-order valence-corrected chi connectivity index (χ3v) is 8.18. The number of aromatic nitrogens is 6. The van der Waals surface area contributed by atoms with Gasteiger partial charge in [-0.05, 0) is 38.8 Å². The van der Waals surface area contributed by atoms with Crippen LogP contribution in [0.5, 0.6) is 0 Å². The van der Waals surface area contributed by atoms with Crippen LogP contribution in [0.25, 0.3) is 21.4 Å². The summed E-state index contributed by atoms with van der Waals surface area (Å²) in [5.41, 5.74) is 3.04. The number of nitriles is 1. The Morgan fingerprint density at radius 1 is 1.17 bits per heavy atom.